The number of hydrogen-bond acceptors (Lipinski definition) is 4. The molecular formula is C26H23BrFN3O2. The summed E-state index contributed by atoms with van der Waals surface area (Å²) >= 11 is 3.42. The van der Waals surface area contributed by atoms with E-state index in [9.17, 15) is 9.18 Å². The van der Waals surface area contributed by atoms with Crippen molar-refractivity contribution in [2.45, 2.75) is 32.8 Å². The molecule has 3 aromatic carbocycles. The van der Waals surface area contributed by atoms with E-state index < -0.39 is 0 Å². The Labute approximate surface area is 199 Å². The molecule has 0 N–H and O–H groups in total. The summed E-state index contributed by atoms with van der Waals surface area (Å²) in [6.07, 6.45) is 4.22. The Bertz CT molecular complexity index is 1350. The lowest BCUT2D eigenvalue weighted by Gasteiger charge is -2.09. The van der Waals surface area contributed by atoms with E-state index in [0.29, 0.717) is 28.9 Å². The van der Waals surface area contributed by atoms with Crippen LogP contribution in [0.15, 0.2) is 81.1 Å². The number of rotatable bonds is 8. The third-order valence-electron chi connectivity index (χ3n) is 5.13. The van der Waals surface area contributed by atoms with Crippen LogP contribution in [0, 0.1) is 5.82 Å². The van der Waals surface area contributed by atoms with E-state index in [1.807, 2.05) is 42.5 Å². The van der Waals surface area contributed by atoms with E-state index in [1.54, 1.807) is 18.3 Å². The molecule has 0 saturated heterocycles. The normalized spacial score (nSPS) is 11.4. The Morgan fingerprint density at radius 1 is 1.12 bits per heavy atom. The van der Waals surface area contributed by atoms with Crippen LogP contribution in [0.5, 0.6) is 5.75 Å². The topological polar surface area (TPSA) is 56.5 Å². The van der Waals surface area contributed by atoms with Crippen LogP contribution < -0.4 is 10.3 Å². The molecule has 0 bridgehead atoms. The number of halogens is 2. The van der Waals surface area contributed by atoms with Crippen molar-refractivity contribution in [3.05, 3.63) is 104 Å². The molecule has 0 aliphatic rings. The van der Waals surface area contributed by atoms with Crippen molar-refractivity contribution in [3.8, 4) is 5.75 Å². The van der Waals surface area contributed by atoms with E-state index in [1.165, 1.54) is 16.8 Å². The lowest BCUT2D eigenvalue weighted by atomic mass is 10.2. The summed E-state index contributed by atoms with van der Waals surface area (Å²) in [6, 6.07) is 19.2. The maximum atomic E-state index is 13.3. The molecule has 7 heteroatoms. The molecule has 0 unspecified atom stereocenters. The maximum absolute atomic E-state index is 13.3. The van der Waals surface area contributed by atoms with Crippen LogP contribution in [-0.2, 0) is 13.0 Å². The van der Waals surface area contributed by atoms with Crippen molar-refractivity contribution < 1.29 is 9.13 Å². The first-order valence-electron chi connectivity index (χ1n) is 10.8. The second-order valence-corrected chi connectivity index (χ2v) is 8.56. The molecule has 0 aliphatic carbocycles. The summed E-state index contributed by atoms with van der Waals surface area (Å²) in [6.45, 7) is 2.38. The maximum Gasteiger partial charge on any atom is 0.282 e. The highest BCUT2D eigenvalue weighted by molar-refractivity contribution is 9.10. The predicted molar refractivity (Wildman–Crippen MR) is 132 cm³/mol. The van der Waals surface area contributed by atoms with E-state index >= 15 is 0 Å². The number of nitrogens with zero attached hydrogens (tertiary/aromatic N) is 3. The smallest absolute Gasteiger partial charge is 0.282 e. The summed E-state index contributed by atoms with van der Waals surface area (Å²) < 4.78 is 21.2. The molecule has 4 aromatic rings. The second kappa shape index (κ2) is 10.5. The molecule has 0 atom stereocenters. The van der Waals surface area contributed by atoms with Gasteiger partial charge in [-0.2, -0.15) is 9.78 Å². The summed E-state index contributed by atoms with van der Waals surface area (Å²) in [5, 5.41) is 4.98. The van der Waals surface area contributed by atoms with Gasteiger partial charge in [-0.3, -0.25) is 4.79 Å². The van der Waals surface area contributed by atoms with E-state index in [2.05, 4.69) is 32.9 Å². The molecule has 0 fully saturated rings. The Hall–Kier alpha value is -3.32. The van der Waals surface area contributed by atoms with Gasteiger partial charge in [0.1, 0.15) is 24.0 Å². The zero-order chi connectivity index (χ0) is 23.2. The lowest BCUT2D eigenvalue weighted by molar-refractivity contribution is 0.305. The molecule has 5 nitrogen and oxygen atoms in total. The Kier molecular flexibility index (Phi) is 7.29. The number of fused-ring (bicyclic) bond motifs is 1. The molecule has 33 heavy (non-hydrogen) atoms. The summed E-state index contributed by atoms with van der Waals surface area (Å²) in [7, 11) is 0. The number of hydrogen-bond donors (Lipinski definition) is 0. The monoisotopic (exact) mass is 507 g/mol. The van der Waals surface area contributed by atoms with Gasteiger partial charge in [-0.25, -0.2) is 9.37 Å². The van der Waals surface area contributed by atoms with Gasteiger partial charge < -0.3 is 4.74 Å². The minimum Gasteiger partial charge on any atom is -0.489 e. The van der Waals surface area contributed by atoms with Gasteiger partial charge in [-0.1, -0.05) is 41.4 Å². The van der Waals surface area contributed by atoms with Gasteiger partial charge >= 0.3 is 0 Å². The molecule has 0 amide bonds. The van der Waals surface area contributed by atoms with Crippen molar-refractivity contribution in [2.24, 2.45) is 5.10 Å². The fourth-order valence-electron chi connectivity index (χ4n) is 3.38. The molecule has 0 radical (unpaired) electrons. The molecule has 0 saturated carbocycles. The van der Waals surface area contributed by atoms with Crippen LogP contribution in [0.25, 0.3) is 10.9 Å². The quantitative estimate of drug-likeness (QED) is 0.270. The zero-order valence-electron chi connectivity index (χ0n) is 18.2. The molecular weight excluding hydrogens is 485 g/mol. The average molecular weight is 508 g/mol. The molecule has 1 aromatic heterocycles. The van der Waals surface area contributed by atoms with Gasteiger partial charge in [-0.15, -0.1) is 0 Å². The number of ether oxygens (including phenoxy) is 1. The van der Waals surface area contributed by atoms with E-state index in [-0.39, 0.29) is 18.0 Å². The first kappa shape index (κ1) is 22.9. The highest BCUT2D eigenvalue weighted by Gasteiger charge is 2.11. The van der Waals surface area contributed by atoms with Crippen molar-refractivity contribution in [2.75, 3.05) is 0 Å². The van der Waals surface area contributed by atoms with Crippen LogP contribution in [0.2, 0.25) is 0 Å². The van der Waals surface area contributed by atoms with Crippen molar-refractivity contribution in [3.63, 3.8) is 0 Å². The van der Waals surface area contributed by atoms with Gasteiger partial charge in [0.25, 0.3) is 5.56 Å². The van der Waals surface area contributed by atoms with Crippen LogP contribution in [0.4, 0.5) is 4.39 Å². The van der Waals surface area contributed by atoms with Crippen LogP contribution in [0.3, 0.4) is 0 Å². The van der Waals surface area contributed by atoms with Gasteiger partial charge in [0.15, 0.2) is 0 Å². The second-order valence-electron chi connectivity index (χ2n) is 7.64. The first-order chi connectivity index (χ1) is 16.0. The minimum absolute atomic E-state index is 0.196. The van der Waals surface area contributed by atoms with Crippen LogP contribution >= 0.6 is 15.9 Å². The lowest BCUT2D eigenvalue weighted by Crippen LogP contribution is -2.22. The van der Waals surface area contributed by atoms with Gasteiger partial charge in [0.2, 0.25) is 0 Å². The third-order valence-corrected chi connectivity index (χ3v) is 5.62. The third kappa shape index (κ3) is 5.73. The summed E-state index contributed by atoms with van der Waals surface area (Å²) in [5.41, 5.74) is 2.05. The molecule has 0 aliphatic heterocycles. The fourth-order valence-corrected chi connectivity index (χ4v) is 3.74. The van der Waals surface area contributed by atoms with Crippen molar-refractivity contribution in [1.82, 2.24) is 9.66 Å². The minimum atomic E-state index is -0.285. The molecule has 0 spiro atoms. The Morgan fingerprint density at radius 3 is 2.70 bits per heavy atom. The van der Waals surface area contributed by atoms with Gasteiger partial charge in [0.05, 0.1) is 17.1 Å². The highest BCUT2D eigenvalue weighted by atomic mass is 79.9. The molecule has 4 rings (SSSR count). The standard InChI is InChI=1S/C26H23BrFN3O2/c1-2-3-7-25-30-24-13-10-20(27)15-23(24)26(32)31(25)29-16-18-8-11-22(12-9-18)33-17-19-5-4-6-21(28)14-19/h4-6,8-16H,2-3,7,17H2,1H3. The highest BCUT2D eigenvalue weighted by Crippen LogP contribution is 2.17. The summed E-state index contributed by atoms with van der Waals surface area (Å²) in [4.78, 5) is 17.8. The number of benzene rings is 3. The average Bonchev–Trinajstić information content (AvgIpc) is 2.82. The SMILES string of the molecule is CCCCc1nc2ccc(Br)cc2c(=O)n1N=Cc1ccc(OCc2cccc(F)c2)cc1. The first-order valence-corrected chi connectivity index (χ1v) is 11.6. The zero-order valence-corrected chi connectivity index (χ0v) is 19.8. The Balaban J connectivity index is 1.55. The van der Waals surface area contributed by atoms with Crippen molar-refractivity contribution in [1.29, 1.82) is 0 Å². The Morgan fingerprint density at radius 2 is 1.94 bits per heavy atom. The van der Waals surface area contributed by atoms with Crippen LogP contribution in [-0.4, -0.2) is 15.9 Å². The van der Waals surface area contributed by atoms with Crippen LogP contribution in [0.1, 0.15) is 36.7 Å². The number of aromatic nitrogens is 2. The van der Waals surface area contributed by atoms with Crippen molar-refractivity contribution >= 4 is 33.0 Å². The predicted octanol–water partition coefficient (Wildman–Crippen LogP) is 6.10. The summed E-state index contributed by atoms with van der Waals surface area (Å²) in [5.74, 6) is 1.02. The number of aryl methyl sites for hydroxylation is 1. The van der Waals surface area contributed by atoms with E-state index in [0.717, 1.165) is 28.4 Å². The fraction of sp³-hybridized carbons (Fsp3) is 0.192. The molecule has 168 valence electrons. The largest absolute Gasteiger partial charge is 0.489 e. The number of unbranched alkanes of at least 4 members (excludes halogenated alkanes) is 1. The molecule has 1 heterocycles. The van der Waals surface area contributed by atoms with Gasteiger partial charge in [0, 0.05) is 10.9 Å². The van der Waals surface area contributed by atoms with Gasteiger partial charge in [-0.05, 0) is 72.1 Å². The van der Waals surface area contributed by atoms with E-state index in [4.69, 9.17) is 4.74 Å².